The van der Waals surface area contributed by atoms with Crippen molar-refractivity contribution in [2.45, 2.75) is 78.6 Å². The van der Waals surface area contributed by atoms with E-state index in [4.69, 9.17) is 5.73 Å². The highest BCUT2D eigenvalue weighted by atomic mass is 16.2. The normalized spacial score (nSPS) is 13.5. The molecule has 4 amide bonds. The first-order valence-corrected chi connectivity index (χ1v) is 19.6. The summed E-state index contributed by atoms with van der Waals surface area (Å²) in [6.07, 6.45) is 1.39. The van der Waals surface area contributed by atoms with E-state index in [0.29, 0.717) is 37.2 Å². The molecule has 4 aromatic carbocycles. The van der Waals surface area contributed by atoms with Crippen LogP contribution >= 0.6 is 0 Å². The second-order valence-corrected chi connectivity index (χ2v) is 15.8. The molecule has 0 radical (unpaired) electrons. The molecule has 0 spiro atoms. The Balaban J connectivity index is 1.46. The zero-order valence-electron chi connectivity index (χ0n) is 34.0. The SMILES string of the molecule is CN[C@@H](C)C(=O)N[C@H](C(=O)N[C@@H](C)CN(CCc1ccccc1)C(=O)c1ccc(-c2ccc(C(=O)N(CCc3ccccc3)C[C@H](C)N)cc2)cc1)C(C)(C)C. The molecule has 298 valence electrons. The Hall–Kier alpha value is -5.32. The number of nitrogens with two attached hydrogens (primary N) is 1. The number of carbonyl (C=O) groups excluding carboxylic acids is 4. The molecule has 10 heteroatoms. The lowest BCUT2D eigenvalue weighted by Gasteiger charge is -2.33. The molecule has 0 bridgehead atoms. The van der Waals surface area contributed by atoms with Gasteiger partial charge in [-0.05, 0) is 92.6 Å². The van der Waals surface area contributed by atoms with Gasteiger partial charge in [-0.3, -0.25) is 19.2 Å². The lowest BCUT2D eigenvalue weighted by atomic mass is 9.85. The van der Waals surface area contributed by atoms with Crippen LogP contribution in [-0.4, -0.2) is 90.8 Å². The Morgan fingerprint density at radius 3 is 1.43 bits per heavy atom. The lowest BCUT2D eigenvalue weighted by Crippen LogP contribution is -2.58. The first kappa shape index (κ1) is 43.4. The molecule has 4 aromatic rings. The minimum atomic E-state index is -0.769. The number of benzene rings is 4. The van der Waals surface area contributed by atoms with Crippen molar-refractivity contribution in [2.24, 2.45) is 11.1 Å². The molecular weight excluding hydrogens is 701 g/mol. The largest absolute Gasteiger partial charge is 0.350 e. The highest BCUT2D eigenvalue weighted by molar-refractivity contribution is 5.96. The molecule has 0 saturated carbocycles. The van der Waals surface area contributed by atoms with Gasteiger partial charge in [-0.1, -0.05) is 106 Å². The van der Waals surface area contributed by atoms with Crippen molar-refractivity contribution < 1.29 is 19.2 Å². The zero-order valence-corrected chi connectivity index (χ0v) is 34.0. The van der Waals surface area contributed by atoms with Gasteiger partial charge in [-0.2, -0.15) is 0 Å². The molecule has 5 N–H and O–H groups in total. The number of hydrogen-bond acceptors (Lipinski definition) is 6. The van der Waals surface area contributed by atoms with Crippen LogP contribution < -0.4 is 21.7 Å². The number of amides is 4. The summed E-state index contributed by atoms with van der Waals surface area (Å²) >= 11 is 0. The topological polar surface area (TPSA) is 137 Å². The number of hydrogen-bond donors (Lipinski definition) is 4. The van der Waals surface area contributed by atoms with E-state index in [9.17, 15) is 19.2 Å². The Labute approximate surface area is 333 Å². The number of nitrogens with one attached hydrogen (secondary N) is 3. The molecule has 56 heavy (non-hydrogen) atoms. The first-order chi connectivity index (χ1) is 26.7. The molecule has 10 nitrogen and oxygen atoms in total. The fourth-order valence-electron chi connectivity index (χ4n) is 6.47. The molecule has 0 aliphatic carbocycles. The molecule has 0 aliphatic heterocycles. The maximum atomic E-state index is 14.1. The standard InChI is InChI=1S/C46H60N6O4/c1-32(47)30-51(28-26-35-14-10-8-11-15-35)44(55)39-22-18-37(19-23-39)38-20-24-40(25-21-38)45(56)52(29-27-36-16-12-9-13-17-36)31-33(2)49-43(54)41(46(4,5)6)50-42(53)34(3)48-7/h8-25,32-34,41,48H,26-31,47H2,1-7H3,(H,49,54)(H,50,53)/t32-,33-,34-,41+/m0/s1. The summed E-state index contributed by atoms with van der Waals surface area (Å²) in [5.74, 6) is -0.777. The minimum absolute atomic E-state index is 0.0613. The van der Waals surface area contributed by atoms with Crippen LogP contribution in [0.2, 0.25) is 0 Å². The lowest BCUT2D eigenvalue weighted by molar-refractivity contribution is -0.132. The van der Waals surface area contributed by atoms with Crippen LogP contribution in [0, 0.1) is 5.41 Å². The van der Waals surface area contributed by atoms with Gasteiger partial charge in [-0.15, -0.1) is 0 Å². The Morgan fingerprint density at radius 1 is 0.607 bits per heavy atom. The van der Waals surface area contributed by atoms with Crippen LogP contribution in [0.25, 0.3) is 11.1 Å². The van der Waals surface area contributed by atoms with E-state index < -0.39 is 23.5 Å². The van der Waals surface area contributed by atoms with Gasteiger partial charge in [0.05, 0.1) is 6.04 Å². The van der Waals surface area contributed by atoms with E-state index in [1.165, 1.54) is 5.56 Å². The summed E-state index contributed by atoms with van der Waals surface area (Å²) < 4.78 is 0. The highest BCUT2D eigenvalue weighted by Gasteiger charge is 2.34. The summed E-state index contributed by atoms with van der Waals surface area (Å²) in [7, 11) is 1.70. The van der Waals surface area contributed by atoms with Gasteiger partial charge in [0.15, 0.2) is 0 Å². The van der Waals surface area contributed by atoms with Crippen LogP contribution in [0.15, 0.2) is 109 Å². The first-order valence-electron chi connectivity index (χ1n) is 19.6. The van der Waals surface area contributed by atoms with Crippen LogP contribution in [-0.2, 0) is 22.4 Å². The fourth-order valence-corrected chi connectivity index (χ4v) is 6.47. The molecule has 0 aliphatic rings. The quantitative estimate of drug-likeness (QED) is 0.103. The van der Waals surface area contributed by atoms with E-state index in [-0.39, 0.29) is 36.2 Å². The molecular formula is C46H60N6O4. The van der Waals surface area contributed by atoms with Crippen molar-refractivity contribution in [3.63, 3.8) is 0 Å². The van der Waals surface area contributed by atoms with Crippen molar-refractivity contribution in [1.29, 1.82) is 0 Å². The predicted octanol–water partition coefficient (Wildman–Crippen LogP) is 5.71. The van der Waals surface area contributed by atoms with Crippen molar-refractivity contribution in [2.75, 3.05) is 33.2 Å². The van der Waals surface area contributed by atoms with E-state index in [0.717, 1.165) is 23.1 Å². The molecule has 4 atom stereocenters. The minimum Gasteiger partial charge on any atom is -0.350 e. The summed E-state index contributed by atoms with van der Waals surface area (Å²) in [4.78, 5) is 57.5. The molecule has 0 saturated heterocycles. The Kier molecular flexibility index (Phi) is 15.9. The average Bonchev–Trinajstić information content (AvgIpc) is 3.19. The highest BCUT2D eigenvalue weighted by Crippen LogP contribution is 2.23. The van der Waals surface area contributed by atoms with Crippen LogP contribution in [0.3, 0.4) is 0 Å². The van der Waals surface area contributed by atoms with Crippen molar-refractivity contribution in [3.05, 3.63) is 131 Å². The fraction of sp³-hybridized carbons (Fsp3) is 0.391. The third-order valence-corrected chi connectivity index (χ3v) is 9.83. The van der Waals surface area contributed by atoms with Crippen molar-refractivity contribution >= 4 is 23.6 Å². The average molecular weight is 761 g/mol. The molecule has 4 rings (SSSR count). The Bertz CT molecular complexity index is 1860. The van der Waals surface area contributed by atoms with Gasteiger partial charge < -0.3 is 31.5 Å². The van der Waals surface area contributed by atoms with Gasteiger partial charge >= 0.3 is 0 Å². The van der Waals surface area contributed by atoms with E-state index in [2.05, 4.69) is 28.1 Å². The second kappa shape index (κ2) is 20.6. The van der Waals surface area contributed by atoms with Crippen LogP contribution in [0.5, 0.6) is 0 Å². The zero-order chi connectivity index (χ0) is 40.8. The third kappa shape index (κ3) is 12.9. The number of nitrogens with zero attached hydrogens (tertiary/aromatic N) is 2. The third-order valence-electron chi connectivity index (χ3n) is 9.83. The molecule has 0 unspecified atom stereocenters. The monoisotopic (exact) mass is 760 g/mol. The summed E-state index contributed by atoms with van der Waals surface area (Å²) in [6.45, 7) is 13.0. The summed E-state index contributed by atoms with van der Waals surface area (Å²) in [5, 5.41) is 8.86. The maximum absolute atomic E-state index is 14.1. The molecule has 0 fully saturated rings. The van der Waals surface area contributed by atoms with Crippen molar-refractivity contribution in [3.8, 4) is 11.1 Å². The van der Waals surface area contributed by atoms with Crippen LogP contribution in [0.4, 0.5) is 0 Å². The maximum Gasteiger partial charge on any atom is 0.253 e. The Morgan fingerprint density at radius 2 is 1.04 bits per heavy atom. The number of carbonyl (C=O) groups is 4. The summed E-state index contributed by atoms with van der Waals surface area (Å²) in [6, 6.07) is 33.3. The summed E-state index contributed by atoms with van der Waals surface area (Å²) in [5.41, 5.74) is 10.8. The predicted molar refractivity (Wildman–Crippen MR) is 225 cm³/mol. The van der Waals surface area contributed by atoms with Gasteiger partial charge in [0.2, 0.25) is 11.8 Å². The van der Waals surface area contributed by atoms with Crippen LogP contribution in [0.1, 0.15) is 73.4 Å². The second-order valence-electron chi connectivity index (χ2n) is 15.8. The van der Waals surface area contributed by atoms with Gasteiger partial charge in [0, 0.05) is 49.4 Å². The molecule has 0 aromatic heterocycles. The van der Waals surface area contributed by atoms with Gasteiger partial charge in [-0.25, -0.2) is 0 Å². The van der Waals surface area contributed by atoms with Gasteiger partial charge in [0.25, 0.3) is 11.8 Å². The van der Waals surface area contributed by atoms with E-state index in [1.54, 1.807) is 18.9 Å². The number of rotatable bonds is 18. The molecule has 0 heterocycles. The number of likely N-dealkylation sites (N-methyl/N-ethyl adjacent to an activating group) is 1. The van der Waals surface area contributed by atoms with Crippen molar-refractivity contribution in [1.82, 2.24) is 25.8 Å². The van der Waals surface area contributed by atoms with Gasteiger partial charge in [0.1, 0.15) is 6.04 Å². The smallest absolute Gasteiger partial charge is 0.253 e. The van der Waals surface area contributed by atoms with E-state index >= 15 is 0 Å². The van der Waals surface area contributed by atoms with E-state index in [1.807, 2.05) is 137 Å².